The molecule has 0 saturated carbocycles. The first-order valence-corrected chi connectivity index (χ1v) is 7.03. The Hall–Kier alpha value is -1.07. The summed E-state index contributed by atoms with van der Waals surface area (Å²) >= 11 is 9.20. The molecule has 102 valence electrons. The Morgan fingerprint density at radius 1 is 1.37 bits per heavy atom. The molecule has 0 bridgehead atoms. The number of amides is 1. The van der Waals surface area contributed by atoms with Crippen LogP contribution in [0.2, 0.25) is 5.02 Å². The number of halogens is 2. The van der Waals surface area contributed by atoms with Crippen LogP contribution in [-0.2, 0) is 4.79 Å². The highest BCUT2D eigenvalue weighted by Gasteiger charge is 2.37. The molecule has 2 rings (SSSR count). The lowest BCUT2D eigenvalue weighted by atomic mass is 9.99. The second kappa shape index (κ2) is 5.51. The van der Waals surface area contributed by atoms with Crippen LogP contribution in [0.25, 0.3) is 0 Å². The molecular formula is C13H13BrClNO3. The third-order valence-corrected chi connectivity index (χ3v) is 4.00. The van der Waals surface area contributed by atoms with E-state index < -0.39 is 11.9 Å². The standard InChI is InChI=1S/C13H13BrClNO3/c1-7-5-16(6-11(7)13(18)19)12(17)8-2-9(14)4-10(15)3-8/h2-4,7,11H,5-6H2,1H3,(H,18,19)/t7-,11-/m1/s1. The predicted molar refractivity (Wildman–Crippen MR) is 75.3 cm³/mol. The van der Waals surface area contributed by atoms with Gasteiger partial charge in [0.05, 0.1) is 5.92 Å². The van der Waals surface area contributed by atoms with E-state index in [0.717, 1.165) is 4.47 Å². The fraction of sp³-hybridized carbons (Fsp3) is 0.385. The zero-order valence-electron chi connectivity index (χ0n) is 10.3. The van der Waals surface area contributed by atoms with Gasteiger partial charge in [0.15, 0.2) is 0 Å². The zero-order chi connectivity index (χ0) is 14.2. The Morgan fingerprint density at radius 3 is 2.58 bits per heavy atom. The van der Waals surface area contributed by atoms with Crippen LogP contribution in [0, 0.1) is 11.8 Å². The highest BCUT2D eigenvalue weighted by Crippen LogP contribution is 2.26. The molecule has 1 N–H and O–H groups in total. The van der Waals surface area contributed by atoms with E-state index in [2.05, 4.69) is 15.9 Å². The van der Waals surface area contributed by atoms with Crippen molar-refractivity contribution < 1.29 is 14.7 Å². The van der Waals surface area contributed by atoms with Crippen LogP contribution in [0.4, 0.5) is 0 Å². The number of aliphatic carboxylic acids is 1. The highest BCUT2D eigenvalue weighted by molar-refractivity contribution is 9.10. The molecule has 1 amide bonds. The first-order chi connectivity index (χ1) is 8.88. The van der Waals surface area contributed by atoms with Gasteiger partial charge in [-0.3, -0.25) is 9.59 Å². The van der Waals surface area contributed by atoms with E-state index in [4.69, 9.17) is 16.7 Å². The zero-order valence-corrected chi connectivity index (χ0v) is 12.6. The molecule has 1 saturated heterocycles. The summed E-state index contributed by atoms with van der Waals surface area (Å²) < 4.78 is 0.727. The van der Waals surface area contributed by atoms with Crippen LogP contribution in [0.1, 0.15) is 17.3 Å². The molecule has 2 atom stereocenters. The Labute approximate surface area is 124 Å². The minimum absolute atomic E-state index is 0.0379. The fourth-order valence-corrected chi connectivity index (χ4v) is 3.17. The quantitative estimate of drug-likeness (QED) is 0.896. The number of likely N-dealkylation sites (tertiary alicyclic amines) is 1. The van der Waals surface area contributed by atoms with Crippen molar-refractivity contribution in [2.24, 2.45) is 11.8 Å². The molecule has 1 fully saturated rings. The van der Waals surface area contributed by atoms with Crippen molar-refractivity contribution in [1.29, 1.82) is 0 Å². The normalized spacial score (nSPS) is 22.6. The molecule has 1 aromatic rings. The number of carbonyl (C=O) groups is 2. The van der Waals surface area contributed by atoms with Gasteiger partial charge in [0.25, 0.3) is 5.91 Å². The number of carboxylic acid groups (broad SMARTS) is 1. The largest absolute Gasteiger partial charge is 0.481 e. The Balaban J connectivity index is 2.19. The van der Waals surface area contributed by atoms with E-state index in [0.29, 0.717) is 17.1 Å². The van der Waals surface area contributed by atoms with Crippen molar-refractivity contribution in [3.05, 3.63) is 33.3 Å². The van der Waals surface area contributed by atoms with Gasteiger partial charge in [0.1, 0.15) is 0 Å². The third kappa shape index (κ3) is 3.09. The van der Waals surface area contributed by atoms with Gasteiger partial charge in [-0.1, -0.05) is 34.5 Å². The molecule has 1 aromatic carbocycles. The number of carbonyl (C=O) groups excluding carboxylic acids is 1. The third-order valence-electron chi connectivity index (χ3n) is 3.33. The second-order valence-electron chi connectivity index (χ2n) is 4.79. The second-order valence-corrected chi connectivity index (χ2v) is 6.14. The average Bonchev–Trinajstić information content (AvgIpc) is 2.69. The van der Waals surface area contributed by atoms with Gasteiger partial charge in [-0.05, 0) is 24.1 Å². The van der Waals surface area contributed by atoms with Crippen molar-refractivity contribution >= 4 is 39.4 Å². The number of nitrogens with zero attached hydrogens (tertiary/aromatic N) is 1. The van der Waals surface area contributed by atoms with Gasteiger partial charge in [0, 0.05) is 28.1 Å². The lowest BCUT2D eigenvalue weighted by Crippen LogP contribution is -2.29. The molecule has 4 nitrogen and oxygen atoms in total. The Bertz CT molecular complexity index is 514. The monoisotopic (exact) mass is 345 g/mol. The summed E-state index contributed by atoms with van der Waals surface area (Å²) in [5.41, 5.74) is 0.470. The van der Waals surface area contributed by atoms with E-state index in [-0.39, 0.29) is 18.4 Å². The molecule has 0 spiro atoms. The summed E-state index contributed by atoms with van der Waals surface area (Å²) in [5, 5.41) is 9.55. The van der Waals surface area contributed by atoms with Gasteiger partial charge in [-0.25, -0.2) is 0 Å². The maximum Gasteiger partial charge on any atom is 0.308 e. The van der Waals surface area contributed by atoms with E-state index >= 15 is 0 Å². The van der Waals surface area contributed by atoms with Crippen molar-refractivity contribution in [3.8, 4) is 0 Å². The van der Waals surface area contributed by atoms with Crippen LogP contribution in [0.5, 0.6) is 0 Å². The van der Waals surface area contributed by atoms with Crippen molar-refractivity contribution in [3.63, 3.8) is 0 Å². The van der Waals surface area contributed by atoms with Gasteiger partial charge >= 0.3 is 5.97 Å². The SMILES string of the molecule is C[C@@H]1CN(C(=O)c2cc(Cl)cc(Br)c2)C[C@H]1C(=O)O. The lowest BCUT2D eigenvalue weighted by Gasteiger charge is -2.16. The minimum atomic E-state index is -0.852. The average molecular weight is 347 g/mol. The summed E-state index contributed by atoms with van der Waals surface area (Å²) in [5.74, 6) is -1.57. The van der Waals surface area contributed by atoms with Crippen molar-refractivity contribution in [2.45, 2.75) is 6.92 Å². The number of hydrogen-bond acceptors (Lipinski definition) is 2. The van der Waals surface area contributed by atoms with Crippen LogP contribution in [0.3, 0.4) is 0 Å². The van der Waals surface area contributed by atoms with Crippen LogP contribution in [-0.4, -0.2) is 35.0 Å². The number of benzene rings is 1. The van der Waals surface area contributed by atoms with Gasteiger partial charge in [-0.2, -0.15) is 0 Å². The summed E-state index contributed by atoms with van der Waals surface area (Å²) in [6.45, 7) is 2.55. The van der Waals surface area contributed by atoms with E-state index in [1.807, 2.05) is 6.92 Å². The van der Waals surface area contributed by atoms with E-state index in [1.165, 1.54) is 0 Å². The first kappa shape index (κ1) is 14.3. The highest BCUT2D eigenvalue weighted by atomic mass is 79.9. The van der Waals surface area contributed by atoms with Crippen molar-refractivity contribution in [1.82, 2.24) is 4.90 Å². The molecule has 0 unspecified atom stereocenters. The first-order valence-electron chi connectivity index (χ1n) is 5.86. The van der Waals surface area contributed by atoms with Gasteiger partial charge < -0.3 is 10.0 Å². The number of carboxylic acids is 1. The van der Waals surface area contributed by atoms with Gasteiger partial charge in [-0.15, -0.1) is 0 Å². The predicted octanol–water partition coefficient (Wildman–Crippen LogP) is 2.90. The molecule has 0 aliphatic carbocycles. The van der Waals surface area contributed by atoms with E-state index in [1.54, 1.807) is 23.1 Å². The lowest BCUT2D eigenvalue weighted by molar-refractivity contribution is -0.142. The molecule has 1 aliphatic heterocycles. The fourth-order valence-electron chi connectivity index (χ4n) is 2.31. The van der Waals surface area contributed by atoms with Crippen LogP contribution < -0.4 is 0 Å². The smallest absolute Gasteiger partial charge is 0.308 e. The minimum Gasteiger partial charge on any atom is -0.481 e. The van der Waals surface area contributed by atoms with Gasteiger partial charge in [0.2, 0.25) is 0 Å². The van der Waals surface area contributed by atoms with Crippen LogP contribution >= 0.6 is 27.5 Å². The van der Waals surface area contributed by atoms with Crippen molar-refractivity contribution in [2.75, 3.05) is 13.1 Å². The maximum atomic E-state index is 12.3. The molecule has 1 aliphatic rings. The topological polar surface area (TPSA) is 57.6 Å². The van der Waals surface area contributed by atoms with Crippen LogP contribution in [0.15, 0.2) is 22.7 Å². The molecular weight excluding hydrogens is 334 g/mol. The summed E-state index contributed by atoms with van der Waals surface area (Å²) in [7, 11) is 0. The van der Waals surface area contributed by atoms with E-state index in [9.17, 15) is 9.59 Å². The Morgan fingerprint density at radius 2 is 2.05 bits per heavy atom. The number of rotatable bonds is 2. The molecule has 6 heteroatoms. The molecule has 0 radical (unpaired) electrons. The Kier molecular flexibility index (Phi) is 4.16. The summed E-state index contributed by atoms with van der Waals surface area (Å²) in [6, 6.07) is 4.98. The summed E-state index contributed by atoms with van der Waals surface area (Å²) in [6.07, 6.45) is 0. The molecule has 19 heavy (non-hydrogen) atoms. The summed E-state index contributed by atoms with van der Waals surface area (Å²) in [4.78, 5) is 24.9. The molecule has 1 heterocycles. The maximum absolute atomic E-state index is 12.3. The molecule has 0 aromatic heterocycles. The number of hydrogen-bond donors (Lipinski definition) is 1.